The Labute approximate surface area is 135 Å². The third kappa shape index (κ3) is 2.36. The van der Waals surface area contributed by atoms with Gasteiger partial charge in [-0.15, -0.1) is 0 Å². The molecule has 1 aliphatic carbocycles. The second-order valence-corrected chi connectivity index (χ2v) is 5.59. The standard InChI is InChI=1S/C13H20N2O3.Na/c1-4-5-9-6-7(2)8(3)13(9)10(16)14-12(18)15-11(13)17;/h7-9H,4-6H2,1-3H3,(H2,14,15,16,17,18);/q;+1. The fraction of sp³-hybridized carbons (Fsp3) is 0.769. The number of amides is 4. The van der Waals surface area contributed by atoms with Crippen molar-refractivity contribution in [2.75, 3.05) is 0 Å². The Hall–Kier alpha value is -0.390. The Morgan fingerprint density at radius 1 is 1.16 bits per heavy atom. The normalized spacial score (nSPS) is 32.8. The number of urea groups is 1. The van der Waals surface area contributed by atoms with Gasteiger partial charge in [-0.2, -0.15) is 0 Å². The number of carbonyl (C=O) groups is 3. The summed E-state index contributed by atoms with van der Waals surface area (Å²) < 4.78 is 0. The summed E-state index contributed by atoms with van der Waals surface area (Å²) in [6.45, 7) is 6.06. The number of hydrogen-bond donors (Lipinski definition) is 2. The van der Waals surface area contributed by atoms with Crippen LogP contribution in [-0.2, 0) is 9.59 Å². The summed E-state index contributed by atoms with van der Waals surface area (Å²) >= 11 is 0. The maximum Gasteiger partial charge on any atom is 1.00 e. The molecule has 4 amide bonds. The molecule has 2 rings (SSSR count). The summed E-state index contributed by atoms with van der Waals surface area (Å²) in [5.74, 6) is -0.521. The van der Waals surface area contributed by atoms with Crippen molar-refractivity contribution in [2.45, 2.75) is 40.0 Å². The first-order chi connectivity index (χ1) is 8.44. The van der Waals surface area contributed by atoms with Gasteiger partial charge in [0.15, 0.2) is 0 Å². The molecule has 2 aliphatic rings. The van der Waals surface area contributed by atoms with Gasteiger partial charge in [0.05, 0.1) is 0 Å². The van der Waals surface area contributed by atoms with Crippen molar-refractivity contribution in [3.63, 3.8) is 0 Å². The molecule has 1 heterocycles. The van der Waals surface area contributed by atoms with E-state index in [2.05, 4.69) is 17.6 Å². The molecule has 0 bridgehead atoms. The molecule has 1 spiro atoms. The van der Waals surface area contributed by atoms with Gasteiger partial charge in [0, 0.05) is 0 Å². The SMILES string of the molecule is CCCC1CC(C)C(C)C12C(=O)NC(=O)NC2=O.[Na+]. The maximum atomic E-state index is 12.3. The third-order valence-electron chi connectivity index (χ3n) is 4.71. The van der Waals surface area contributed by atoms with Gasteiger partial charge in [-0.3, -0.25) is 20.2 Å². The largest absolute Gasteiger partial charge is 1.00 e. The van der Waals surface area contributed by atoms with Crippen molar-refractivity contribution in [3.05, 3.63) is 0 Å². The van der Waals surface area contributed by atoms with Gasteiger partial charge in [0.25, 0.3) is 0 Å². The second kappa shape index (κ2) is 5.94. The zero-order chi connectivity index (χ0) is 13.5. The molecule has 2 N–H and O–H groups in total. The van der Waals surface area contributed by atoms with Crippen LogP contribution in [0, 0.1) is 23.2 Å². The van der Waals surface area contributed by atoms with Crippen LogP contribution in [0.4, 0.5) is 4.79 Å². The zero-order valence-electron chi connectivity index (χ0n) is 12.1. The smallest absolute Gasteiger partial charge is 0.277 e. The third-order valence-corrected chi connectivity index (χ3v) is 4.71. The van der Waals surface area contributed by atoms with E-state index in [0.29, 0.717) is 5.92 Å². The van der Waals surface area contributed by atoms with E-state index in [1.54, 1.807) is 0 Å². The molecule has 6 heteroatoms. The van der Waals surface area contributed by atoms with Crippen LogP contribution in [0.2, 0.25) is 0 Å². The van der Waals surface area contributed by atoms with Crippen molar-refractivity contribution in [1.82, 2.24) is 10.6 Å². The minimum Gasteiger partial charge on any atom is -0.277 e. The first kappa shape index (κ1) is 16.7. The Morgan fingerprint density at radius 3 is 2.16 bits per heavy atom. The topological polar surface area (TPSA) is 75.3 Å². The summed E-state index contributed by atoms with van der Waals surface area (Å²) in [5, 5.41) is 4.54. The molecule has 0 radical (unpaired) electrons. The first-order valence-electron chi connectivity index (χ1n) is 6.61. The van der Waals surface area contributed by atoms with Crippen LogP contribution in [0.15, 0.2) is 0 Å². The number of carbonyl (C=O) groups excluding carboxylic acids is 3. The van der Waals surface area contributed by atoms with E-state index in [1.165, 1.54) is 0 Å². The van der Waals surface area contributed by atoms with E-state index in [1.807, 2.05) is 13.8 Å². The molecule has 1 aliphatic heterocycles. The van der Waals surface area contributed by atoms with E-state index < -0.39 is 23.3 Å². The number of nitrogens with one attached hydrogen (secondary N) is 2. The molecular weight excluding hydrogens is 255 g/mol. The average molecular weight is 275 g/mol. The van der Waals surface area contributed by atoms with Crippen LogP contribution in [0.1, 0.15) is 40.0 Å². The van der Waals surface area contributed by atoms with Crippen LogP contribution in [0.3, 0.4) is 0 Å². The van der Waals surface area contributed by atoms with Gasteiger partial charge >= 0.3 is 35.6 Å². The van der Waals surface area contributed by atoms with Crippen molar-refractivity contribution < 1.29 is 43.9 Å². The van der Waals surface area contributed by atoms with Crippen molar-refractivity contribution in [1.29, 1.82) is 0 Å². The van der Waals surface area contributed by atoms with E-state index in [0.717, 1.165) is 19.3 Å². The van der Waals surface area contributed by atoms with E-state index in [-0.39, 0.29) is 41.4 Å². The molecule has 1 saturated carbocycles. The Bertz CT molecular complexity index is 391. The van der Waals surface area contributed by atoms with Gasteiger partial charge < -0.3 is 0 Å². The van der Waals surface area contributed by atoms with E-state index in [9.17, 15) is 14.4 Å². The molecule has 2 fully saturated rings. The van der Waals surface area contributed by atoms with Crippen LogP contribution >= 0.6 is 0 Å². The molecule has 0 aromatic heterocycles. The molecule has 19 heavy (non-hydrogen) atoms. The van der Waals surface area contributed by atoms with Gasteiger partial charge in [0.1, 0.15) is 5.41 Å². The van der Waals surface area contributed by atoms with Crippen molar-refractivity contribution >= 4 is 17.8 Å². The first-order valence-corrected chi connectivity index (χ1v) is 6.61. The summed E-state index contributed by atoms with van der Waals surface area (Å²) in [7, 11) is 0. The molecule has 0 aromatic rings. The van der Waals surface area contributed by atoms with Crippen LogP contribution in [0.5, 0.6) is 0 Å². The monoisotopic (exact) mass is 275 g/mol. The maximum absolute atomic E-state index is 12.3. The van der Waals surface area contributed by atoms with Gasteiger partial charge in [-0.05, 0) is 30.6 Å². The average Bonchev–Trinajstić information content (AvgIpc) is 2.51. The van der Waals surface area contributed by atoms with E-state index >= 15 is 0 Å². The summed E-state index contributed by atoms with van der Waals surface area (Å²) in [6.07, 6.45) is 2.63. The minimum atomic E-state index is -1.05. The molecule has 0 aromatic carbocycles. The van der Waals surface area contributed by atoms with Crippen molar-refractivity contribution in [2.24, 2.45) is 23.2 Å². The predicted octanol–water partition coefficient (Wildman–Crippen LogP) is -1.56. The summed E-state index contributed by atoms with van der Waals surface area (Å²) in [4.78, 5) is 35.8. The number of imide groups is 2. The van der Waals surface area contributed by atoms with Crippen LogP contribution < -0.4 is 40.2 Å². The summed E-state index contributed by atoms with van der Waals surface area (Å²) in [6, 6.07) is -0.697. The van der Waals surface area contributed by atoms with Crippen molar-refractivity contribution in [3.8, 4) is 0 Å². The van der Waals surface area contributed by atoms with Crippen LogP contribution in [-0.4, -0.2) is 17.8 Å². The molecule has 100 valence electrons. The van der Waals surface area contributed by atoms with Gasteiger partial charge in [-0.1, -0.05) is 27.2 Å². The number of barbiturate groups is 1. The summed E-state index contributed by atoms with van der Waals surface area (Å²) in [5.41, 5.74) is -1.05. The van der Waals surface area contributed by atoms with Crippen LogP contribution in [0.25, 0.3) is 0 Å². The molecule has 1 saturated heterocycles. The molecule has 3 unspecified atom stereocenters. The zero-order valence-corrected chi connectivity index (χ0v) is 14.1. The van der Waals surface area contributed by atoms with E-state index in [4.69, 9.17) is 0 Å². The number of rotatable bonds is 2. The molecule has 3 atom stereocenters. The van der Waals surface area contributed by atoms with Gasteiger partial charge in [-0.25, -0.2) is 4.79 Å². The predicted molar refractivity (Wildman–Crippen MR) is 65.5 cm³/mol. The second-order valence-electron chi connectivity index (χ2n) is 5.59. The molecular formula is C13H20N2NaO3+. The fourth-order valence-electron chi connectivity index (χ4n) is 3.69. The Balaban J connectivity index is 0.00000180. The minimum absolute atomic E-state index is 0. The Morgan fingerprint density at radius 2 is 1.68 bits per heavy atom. The quantitative estimate of drug-likeness (QED) is 0.472. The number of hydrogen-bond acceptors (Lipinski definition) is 3. The fourth-order valence-corrected chi connectivity index (χ4v) is 3.69. The Kier molecular flexibility index (Phi) is 5.21. The van der Waals surface area contributed by atoms with Gasteiger partial charge in [0.2, 0.25) is 11.8 Å². The molecule has 5 nitrogen and oxygen atoms in total.